The summed E-state index contributed by atoms with van der Waals surface area (Å²) in [6.45, 7) is 4.72. The summed E-state index contributed by atoms with van der Waals surface area (Å²) >= 11 is 0. The molecule has 0 bridgehead atoms. The van der Waals surface area contributed by atoms with E-state index in [1.54, 1.807) is 0 Å². The van der Waals surface area contributed by atoms with Crippen molar-refractivity contribution >= 4 is 17.9 Å². The van der Waals surface area contributed by atoms with Crippen LogP contribution in [0.2, 0.25) is 0 Å². The van der Waals surface area contributed by atoms with Crippen molar-refractivity contribution in [2.24, 2.45) is 0 Å². The highest BCUT2D eigenvalue weighted by Crippen LogP contribution is 2.18. The largest absolute Gasteiger partial charge is 0.477 e. The summed E-state index contributed by atoms with van der Waals surface area (Å²) in [6.07, 6.45) is 96.3. The van der Waals surface area contributed by atoms with E-state index < -0.39 is 24.3 Å². The molecule has 0 fully saturated rings. The van der Waals surface area contributed by atoms with Crippen molar-refractivity contribution in [2.45, 2.75) is 322 Å². The minimum atomic E-state index is -1.53. The van der Waals surface area contributed by atoms with E-state index in [9.17, 15) is 19.5 Å². The molecule has 0 aliphatic heterocycles. The van der Waals surface area contributed by atoms with Gasteiger partial charge in [0, 0.05) is 12.8 Å². The van der Waals surface area contributed by atoms with Crippen molar-refractivity contribution in [3.05, 3.63) is 122 Å². The molecule has 9 nitrogen and oxygen atoms in total. The number of carbonyl (C=O) groups excluding carboxylic acids is 2. The van der Waals surface area contributed by atoms with Crippen LogP contribution >= 0.6 is 0 Å². The maximum Gasteiger partial charge on any atom is 0.361 e. The number of rotatable bonds is 67. The van der Waals surface area contributed by atoms with Crippen molar-refractivity contribution < 1.29 is 42.9 Å². The number of hydrogen-bond donors (Lipinski definition) is 1. The Labute approximate surface area is 548 Å². The first-order valence-corrected chi connectivity index (χ1v) is 36.7. The molecule has 0 aromatic rings. The molecule has 0 aliphatic rings. The highest BCUT2D eigenvalue weighted by atomic mass is 16.7. The molecule has 9 heteroatoms. The van der Waals surface area contributed by atoms with Crippen molar-refractivity contribution in [3.8, 4) is 0 Å². The van der Waals surface area contributed by atoms with Crippen molar-refractivity contribution in [1.29, 1.82) is 0 Å². The summed E-state index contributed by atoms with van der Waals surface area (Å²) in [7, 11) is 5.96. The van der Waals surface area contributed by atoms with Crippen LogP contribution < -0.4 is 0 Å². The van der Waals surface area contributed by atoms with Crippen molar-refractivity contribution in [3.63, 3.8) is 0 Å². The topological polar surface area (TPSA) is 108 Å². The molecule has 0 spiro atoms. The van der Waals surface area contributed by atoms with Gasteiger partial charge in [-0.2, -0.15) is 0 Å². The van der Waals surface area contributed by atoms with Gasteiger partial charge >= 0.3 is 17.9 Å². The Hall–Kier alpha value is -4.31. The zero-order valence-electron chi connectivity index (χ0n) is 58.3. The first kappa shape index (κ1) is 84.7. The molecule has 2 unspecified atom stereocenters. The van der Waals surface area contributed by atoms with E-state index in [1.165, 1.54) is 193 Å². The standard InChI is InChI=1S/C80H137NO8/c1-6-8-10-12-14-16-18-20-22-24-26-28-30-32-34-36-37-38-39-40-41-43-44-46-48-50-52-54-56-58-60-62-64-66-68-70-77(82)87-74-76(75-88-80(79(84)85)86-73-72-81(3,4)5)89-78(83)71-69-67-65-63-61-59-57-55-53-51-49-47-45-42-35-33-31-29-27-25-23-21-19-17-15-13-11-9-7-2/h9,11,15,17,21,23-24,26-27,29,33,35,45,47,51,53,57,59,63,65,76,80H,6-8,10,12-14,16,18-20,22,25,28,30-32,34,36-44,46,48-50,52,54-56,58,60-62,64,66-75H2,1-5H3/p+1/b11-9-,17-15-,23-21-,26-24-,29-27-,35-33-,47-45-,53-51-,59-57-,65-63-. The van der Waals surface area contributed by atoms with Gasteiger partial charge in [-0.3, -0.25) is 9.59 Å². The Bertz CT molecular complexity index is 1880. The fraction of sp³-hybridized carbons (Fsp3) is 0.713. The number of carbonyl (C=O) groups is 3. The smallest absolute Gasteiger partial charge is 0.361 e. The second-order valence-corrected chi connectivity index (χ2v) is 25.5. The highest BCUT2D eigenvalue weighted by Gasteiger charge is 2.25. The second kappa shape index (κ2) is 69.6. The molecule has 0 aromatic carbocycles. The number of carboxylic acids is 1. The van der Waals surface area contributed by atoms with Gasteiger partial charge in [-0.05, 0) is 103 Å². The first-order chi connectivity index (χ1) is 43.6. The van der Waals surface area contributed by atoms with Crippen molar-refractivity contribution in [1.82, 2.24) is 0 Å². The van der Waals surface area contributed by atoms with Crippen LogP contribution in [0, 0.1) is 0 Å². The van der Waals surface area contributed by atoms with Gasteiger partial charge in [0.2, 0.25) is 0 Å². The fourth-order valence-corrected chi connectivity index (χ4v) is 10.1. The minimum Gasteiger partial charge on any atom is -0.477 e. The van der Waals surface area contributed by atoms with Crippen molar-refractivity contribution in [2.75, 3.05) is 47.5 Å². The molecule has 0 aliphatic carbocycles. The molecule has 0 aromatic heterocycles. The molecule has 0 rings (SSSR count). The van der Waals surface area contributed by atoms with Gasteiger partial charge in [-0.15, -0.1) is 0 Å². The van der Waals surface area contributed by atoms with Crippen LogP contribution in [0.25, 0.3) is 0 Å². The van der Waals surface area contributed by atoms with E-state index in [4.69, 9.17) is 18.9 Å². The molecule has 0 saturated heterocycles. The Morgan fingerprint density at radius 3 is 1.00 bits per heavy atom. The molecule has 89 heavy (non-hydrogen) atoms. The summed E-state index contributed by atoms with van der Waals surface area (Å²) < 4.78 is 22.9. The Morgan fingerprint density at radius 2 is 0.652 bits per heavy atom. The molecule has 1 N–H and O–H groups in total. The van der Waals surface area contributed by atoms with Crippen LogP contribution in [-0.4, -0.2) is 87.4 Å². The lowest BCUT2D eigenvalue weighted by Crippen LogP contribution is -2.40. The summed E-state index contributed by atoms with van der Waals surface area (Å²) in [4.78, 5) is 37.6. The van der Waals surface area contributed by atoms with E-state index in [1.807, 2.05) is 21.1 Å². The highest BCUT2D eigenvalue weighted by molar-refractivity contribution is 5.71. The van der Waals surface area contributed by atoms with Gasteiger partial charge in [0.1, 0.15) is 13.2 Å². The number of quaternary nitrogens is 1. The SMILES string of the molecule is CC/C=C\C/C=C\C/C=C\C/C=C\C/C=C\C/C=C\C/C=C\C/C=C\C/C=C\CCCC(=O)OC(COC(=O)CCCCCCCCCCCCCCCCCCCCCCCCC/C=C\CCCCCCCCCC)COC(OCC[N+](C)(C)C)C(=O)O. The molecular weight excluding hydrogens is 1100 g/mol. The molecule has 0 saturated carbocycles. The quantitative estimate of drug-likeness (QED) is 0.0211. The van der Waals surface area contributed by atoms with Crippen LogP contribution in [0.3, 0.4) is 0 Å². The molecule has 2 atom stereocenters. The molecule has 510 valence electrons. The lowest BCUT2D eigenvalue weighted by atomic mass is 10.0. The normalized spacial score (nSPS) is 13.4. The van der Waals surface area contributed by atoms with Crippen LogP contribution in [0.1, 0.15) is 309 Å². The summed E-state index contributed by atoms with van der Waals surface area (Å²) in [6, 6.07) is 0. The van der Waals surface area contributed by atoms with Crippen LogP contribution in [0.5, 0.6) is 0 Å². The molecule has 0 amide bonds. The predicted octanol–water partition coefficient (Wildman–Crippen LogP) is 23.1. The van der Waals surface area contributed by atoms with Gasteiger partial charge in [0.15, 0.2) is 6.10 Å². The van der Waals surface area contributed by atoms with Gasteiger partial charge in [0.25, 0.3) is 6.29 Å². The number of unbranched alkanes of at least 4 members (excludes halogenated alkanes) is 32. The van der Waals surface area contributed by atoms with E-state index in [2.05, 4.69) is 135 Å². The molecular formula is C80H138NO8+. The predicted molar refractivity (Wildman–Crippen MR) is 382 cm³/mol. The number of aliphatic carboxylic acids is 1. The van der Waals surface area contributed by atoms with E-state index in [0.717, 1.165) is 77.0 Å². The van der Waals surface area contributed by atoms with E-state index in [0.29, 0.717) is 23.9 Å². The number of carboxylic acid groups (broad SMARTS) is 1. The number of ether oxygens (including phenoxy) is 4. The second-order valence-electron chi connectivity index (χ2n) is 25.5. The summed E-state index contributed by atoms with van der Waals surface area (Å²) in [5.74, 6) is -2.09. The third-order valence-corrected chi connectivity index (χ3v) is 15.7. The fourth-order valence-electron chi connectivity index (χ4n) is 10.1. The third-order valence-electron chi connectivity index (χ3n) is 15.7. The third kappa shape index (κ3) is 71.0. The van der Waals surface area contributed by atoms with E-state index in [-0.39, 0.29) is 38.6 Å². The molecule has 0 heterocycles. The Morgan fingerprint density at radius 1 is 0.348 bits per heavy atom. The Kier molecular flexibility index (Phi) is 66.2. The first-order valence-electron chi connectivity index (χ1n) is 36.7. The minimum absolute atomic E-state index is 0.172. The maximum absolute atomic E-state index is 12.9. The summed E-state index contributed by atoms with van der Waals surface area (Å²) in [5, 5.41) is 9.75. The lowest BCUT2D eigenvalue weighted by Gasteiger charge is -2.25. The number of likely N-dealkylation sites (N-methyl/N-ethyl adjacent to an activating group) is 1. The maximum atomic E-state index is 12.9. The lowest BCUT2D eigenvalue weighted by molar-refractivity contribution is -0.870. The average molecular weight is 1240 g/mol. The zero-order chi connectivity index (χ0) is 64.7. The average Bonchev–Trinajstić information content (AvgIpc) is 3.71. The number of hydrogen-bond acceptors (Lipinski definition) is 7. The number of nitrogens with zero attached hydrogens (tertiary/aromatic N) is 1. The van der Waals surface area contributed by atoms with Gasteiger partial charge in [0.05, 0.1) is 34.4 Å². The Balaban J connectivity index is 4.16. The van der Waals surface area contributed by atoms with Crippen LogP contribution in [0.4, 0.5) is 0 Å². The number of allylic oxidation sites excluding steroid dienone is 20. The van der Waals surface area contributed by atoms with Gasteiger partial charge in [-0.1, -0.05) is 315 Å². The monoisotopic (exact) mass is 1240 g/mol. The molecule has 0 radical (unpaired) electrons. The van der Waals surface area contributed by atoms with E-state index >= 15 is 0 Å². The number of esters is 2. The zero-order valence-corrected chi connectivity index (χ0v) is 58.3. The van der Waals surface area contributed by atoms with Crippen LogP contribution in [-0.2, 0) is 33.3 Å². The van der Waals surface area contributed by atoms with Gasteiger partial charge < -0.3 is 28.5 Å². The van der Waals surface area contributed by atoms with Crippen LogP contribution in [0.15, 0.2) is 122 Å². The summed E-state index contributed by atoms with van der Waals surface area (Å²) in [5.41, 5.74) is 0. The van der Waals surface area contributed by atoms with Gasteiger partial charge in [-0.25, -0.2) is 4.79 Å².